The maximum atomic E-state index is 12.4. The lowest BCUT2D eigenvalue weighted by Gasteiger charge is -2.26. The van der Waals surface area contributed by atoms with Gasteiger partial charge in [0.05, 0.1) is 6.04 Å². The minimum Gasteiger partial charge on any atom is -0.341 e. The molecule has 1 amide bonds. The number of hydrogen-bond acceptors (Lipinski definition) is 2. The highest BCUT2D eigenvalue weighted by Crippen LogP contribution is 2.14. The van der Waals surface area contributed by atoms with Crippen LogP contribution in [0.25, 0.3) is 0 Å². The molecule has 1 aliphatic heterocycles. The number of unbranched alkanes of at least 4 members (excludes halogenated alkanes) is 4. The van der Waals surface area contributed by atoms with Crippen molar-refractivity contribution >= 4 is 5.91 Å². The quantitative estimate of drug-likeness (QED) is 0.582. The Morgan fingerprint density at radius 3 is 2.00 bits per heavy atom. The fraction of sp³-hybridized carbons (Fsp3) is 0.944. The Balaban J connectivity index is 2.38. The Bertz CT molecular complexity index is 264. The summed E-state index contributed by atoms with van der Waals surface area (Å²) in [5.41, 5.74) is 0. The van der Waals surface area contributed by atoms with Crippen molar-refractivity contribution < 1.29 is 4.79 Å². The molecule has 0 aromatic rings. The predicted octanol–water partition coefficient (Wildman–Crippen LogP) is 4.12. The number of rotatable bonds is 11. The van der Waals surface area contributed by atoms with E-state index in [2.05, 4.69) is 19.2 Å². The third kappa shape index (κ3) is 7.30. The summed E-state index contributed by atoms with van der Waals surface area (Å²) < 4.78 is 0. The molecule has 124 valence electrons. The SMILES string of the molecule is CCCCCC(CCCCC)NC(C)C(=O)N1CCCC1. The standard InChI is InChI=1S/C18H36N2O/c1-4-6-8-12-17(13-9-7-5-2)19-16(3)18(21)20-14-10-11-15-20/h16-17,19H,4-15H2,1-3H3. The van der Waals surface area contributed by atoms with E-state index >= 15 is 0 Å². The minimum absolute atomic E-state index is 0.0173. The number of hydrogen-bond donors (Lipinski definition) is 1. The summed E-state index contributed by atoms with van der Waals surface area (Å²) in [6, 6.07) is 0.501. The largest absolute Gasteiger partial charge is 0.341 e. The maximum Gasteiger partial charge on any atom is 0.239 e. The topological polar surface area (TPSA) is 32.3 Å². The first-order chi connectivity index (χ1) is 10.2. The molecule has 1 aliphatic rings. The molecule has 0 spiro atoms. The average Bonchev–Trinajstić information content (AvgIpc) is 3.00. The maximum absolute atomic E-state index is 12.4. The molecule has 0 aliphatic carbocycles. The van der Waals surface area contributed by atoms with Gasteiger partial charge in [0.2, 0.25) is 5.91 Å². The van der Waals surface area contributed by atoms with E-state index in [1.165, 1.54) is 64.2 Å². The van der Waals surface area contributed by atoms with Gasteiger partial charge in [-0.3, -0.25) is 4.79 Å². The van der Waals surface area contributed by atoms with E-state index < -0.39 is 0 Å². The van der Waals surface area contributed by atoms with Crippen LogP contribution in [0.4, 0.5) is 0 Å². The van der Waals surface area contributed by atoms with Crippen LogP contribution in [0.2, 0.25) is 0 Å². The summed E-state index contributed by atoms with van der Waals surface area (Å²) >= 11 is 0. The molecule has 1 N–H and O–H groups in total. The first kappa shape index (κ1) is 18.5. The minimum atomic E-state index is -0.0173. The zero-order valence-corrected chi connectivity index (χ0v) is 14.5. The molecule has 0 radical (unpaired) electrons. The number of carbonyl (C=O) groups is 1. The van der Waals surface area contributed by atoms with Gasteiger partial charge in [-0.1, -0.05) is 52.4 Å². The number of amides is 1. The fourth-order valence-electron chi connectivity index (χ4n) is 3.23. The van der Waals surface area contributed by atoms with Crippen molar-refractivity contribution in [1.29, 1.82) is 0 Å². The molecule has 0 saturated carbocycles. The molecule has 3 heteroatoms. The van der Waals surface area contributed by atoms with Gasteiger partial charge in [-0.2, -0.15) is 0 Å². The third-order valence-corrected chi connectivity index (χ3v) is 4.59. The summed E-state index contributed by atoms with van der Waals surface area (Å²) in [5.74, 6) is 0.309. The van der Waals surface area contributed by atoms with E-state index in [4.69, 9.17) is 0 Å². The molecule has 1 rings (SSSR count). The molecular weight excluding hydrogens is 260 g/mol. The molecule has 1 fully saturated rings. The molecule has 1 saturated heterocycles. The Kier molecular flexibility index (Phi) is 9.73. The van der Waals surface area contributed by atoms with Crippen LogP contribution in [0.5, 0.6) is 0 Å². The zero-order chi connectivity index (χ0) is 15.5. The number of nitrogens with zero attached hydrogens (tertiary/aromatic N) is 1. The zero-order valence-electron chi connectivity index (χ0n) is 14.5. The van der Waals surface area contributed by atoms with Gasteiger partial charge in [-0.15, -0.1) is 0 Å². The molecule has 3 nitrogen and oxygen atoms in total. The van der Waals surface area contributed by atoms with E-state index in [1.54, 1.807) is 0 Å². The highest BCUT2D eigenvalue weighted by atomic mass is 16.2. The first-order valence-corrected chi connectivity index (χ1v) is 9.23. The lowest BCUT2D eigenvalue weighted by atomic mass is 10.0. The second-order valence-electron chi connectivity index (χ2n) is 6.61. The van der Waals surface area contributed by atoms with Crippen molar-refractivity contribution in [3.8, 4) is 0 Å². The van der Waals surface area contributed by atoms with Gasteiger partial charge in [0.15, 0.2) is 0 Å². The van der Waals surface area contributed by atoms with E-state index in [0.29, 0.717) is 11.9 Å². The highest BCUT2D eigenvalue weighted by Gasteiger charge is 2.24. The molecule has 0 aromatic heterocycles. The van der Waals surface area contributed by atoms with Gasteiger partial charge >= 0.3 is 0 Å². The first-order valence-electron chi connectivity index (χ1n) is 9.23. The summed E-state index contributed by atoms with van der Waals surface area (Å²) in [7, 11) is 0. The Morgan fingerprint density at radius 2 is 1.52 bits per heavy atom. The summed E-state index contributed by atoms with van der Waals surface area (Å²) in [6.07, 6.45) is 12.5. The van der Waals surface area contributed by atoms with Crippen LogP contribution in [0, 0.1) is 0 Å². The average molecular weight is 296 g/mol. The van der Waals surface area contributed by atoms with Crippen molar-refractivity contribution in [3.63, 3.8) is 0 Å². The molecule has 1 unspecified atom stereocenters. The molecule has 0 bridgehead atoms. The second-order valence-corrected chi connectivity index (χ2v) is 6.61. The monoisotopic (exact) mass is 296 g/mol. The Labute approximate surface area is 131 Å². The molecule has 0 aromatic carbocycles. The summed E-state index contributed by atoms with van der Waals surface area (Å²) in [6.45, 7) is 8.47. The van der Waals surface area contributed by atoms with Crippen molar-refractivity contribution in [2.75, 3.05) is 13.1 Å². The van der Waals surface area contributed by atoms with E-state index in [-0.39, 0.29) is 6.04 Å². The third-order valence-electron chi connectivity index (χ3n) is 4.59. The molecule has 1 atom stereocenters. The highest BCUT2D eigenvalue weighted by molar-refractivity contribution is 5.81. The fourth-order valence-corrected chi connectivity index (χ4v) is 3.23. The van der Waals surface area contributed by atoms with E-state index in [1.807, 2.05) is 11.8 Å². The van der Waals surface area contributed by atoms with Gasteiger partial charge in [-0.05, 0) is 32.6 Å². The van der Waals surface area contributed by atoms with Crippen LogP contribution in [-0.2, 0) is 4.79 Å². The molecule has 1 heterocycles. The van der Waals surface area contributed by atoms with Crippen LogP contribution in [0.1, 0.15) is 85.0 Å². The van der Waals surface area contributed by atoms with Crippen molar-refractivity contribution in [2.45, 2.75) is 97.1 Å². The normalized spacial score (nSPS) is 16.7. The number of carbonyl (C=O) groups excluding carboxylic acids is 1. The number of likely N-dealkylation sites (tertiary alicyclic amines) is 1. The number of nitrogens with one attached hydrogen (secondary N) is 1. The van der Waals surface area contributed by atoms with Gasteiger partial charge in [0, 0.05) is 19.1 Å². The second kappa shape index (κ2) is 11.1. The predicted molar refractivity (Wildman–Crippen MR) is 90.5 cm³/mol. The van der Waals surface area contributed by atoms with Crippen LogP contribution >= 0.6 is 0 Å². The molecule has 21 heavy (non-hydrogen) atoms. The van der Waals surface area contributed by atoms with Gasteiger partial charge in [-0.25, -0.2) is 0 Å². The van der Waals surface area contributed by atoms with Crippen LogP contribution in [0.3, 0.4) is 0 Å². The van der Waals surface area contributed by atoms with Crippen LogP contribution in [-0.4, -0.2) is 36.0 Å². The lowest BCUT2D eigenvalue weighted by Crippen LogP contribution is -2.47. The lowest BCUT2D eigenvalue weighted by molar-refractivity contribution is -0.132. The summed E-state index contributed by atoms with van der Waals surface area (Å²) in [5, 5.41) is 3.62. The van der Waals surface area contributed by atoms with E-state index in [0.717, 1.165) is 13.1 Å². The van der Waals surface area contributed by atoms with Crippen LogP contribution in [0.15, 0.2) is 0 Å². The summed E-state index contributed by atoms with van der Waals surface area (Å²) in [4.78, 5) is 14.4. The Hall–Kier alpha value is -0.570. The van der Waals surface area contributed by atoms with Gasteiger partial charge in [0.25, 0.3) is 0 Å². The van der Waals surface area contributed by atoms with Gasteiger partial charge in [0.1, 0.15) is 0 Å². The van der Waals surface area contributed by atoms with Gasteiger partial charge < -0.3 is 10.2 Å². The van der Waals surface area contributed by atoms with Crippen molar-refractivity contribution in [1.82, 2.24) is 10.2 Å². The van der Waals surface area contributed by atoms with Crippen LogP contribution < -0.4 is 5.32 Å². The van der Waals surface area contributed by atoms with Crippen molar-refractivity contribution in [3.05, 3.63) is 0 Å². The molecular formula is C18H36N2O. The smallest absolute Gasteiger partial charge is 0.239 e. The van der Waals surface area contributed by atoms with E-state index in [9.17, 15) is 4.79 Å². The Morgan fingerprint density at radius 1 is 1.00 bits per heavy atom. The van der Waals surface area contributed by atoms with Crippen molar-refractivity contribution in [2.24, 2.45) is 0 Å².